The Kier molecular flexibility index (Phi) is 5.97. The van der Waals surface area contributed by atoms with E-state index < -0.39 is 10.0 Å². The largest absolute Gasteiger partial charge is 0.442 e. The fourth-order valence-corrected chi connectivity index (χ4v) is 4.95. The standard InChI is InChI=1S/C19H21N3O4S2/c1-4-15(14-8-6-5-7-9-14)22-28(24,25)17-11-10-16(26-17)18-12(2)20-19(27-18)21-13(3)23/h5-11,15,22H,4H2,1-3H3,(H,20,21,23)/t15-/m0/s1. The van der Waals surface area contributed by atoms with E-state index in [0.29, 0.717) is 27.9 Å². The van der Waals surface area contributed by atoms with Gasteiger partial charge < -0.3 is 9.73 Å². The lowest BCUT2D eigenvalue weighted by atomic mass is 10.1. The normalized spacial score (nSPS) is 12.7. The molecule has 28 heavy (non-hydrogen) atoms. The summed E-state index contributed by atoms with van der Waals surface area (Å²) in [4.78, 5) is 16.1. The van der Waals surface area contributed by atoms with Crippen molar-refractivity contribution in [3.63, 3.8) is 0 Å². The number of anilines is 1. The highest BCUT2D eigenvalue weighted by atomic mass is 32.2. The average molecular weight is 420 g/mol. The molecule has 1 aromatic carbocycles. The average Bonchev–Trinajstić information content (AvgIpc) is 3.27. The number of hydrogen-bond acceptors (Lipinski definition) is 6. The van der Waals surface area contributed by atoms with Gasteiger partial charge in [-0.05, 0) is 31.0 Å². The molecule has 7 nitrogen and oxygen atoms in total. The SMILES string of the molecule is CC[C@H](NS(=O)(=O)c1ccc(-c2sc(NC(C)=O)nc2C)o1)c1ccccc1. The summed E-state index contributed by atoms with van der Waals surface area (Å²) < 4.78 is 33.9. The van der Waals surface area contributed by atoms with Gasteiger partial charge in [-0.2, -0.15) is 0 Å². The van der Waals surface area contributed by atoms with E-state index in [9.17, 15) is 13.2 Å². The maximum Gasteiger partial charge on any atom is 0.274 e. The molecule has 9 heteroatoms. The number of rotatable bonds is 7. The summed E-state index contributed by atoms with van der Waals surface area (Å²) in [5.41, 5.74) is 1.54. The molecule has 2 aromatic heterocycles. The molecule has 0 saturated carbocycles. The molecule has 0 aliphatic rings. The van der Waals surface area contributed by atoms with Crippen molar-refractivity contribution in [1.82, 2.24) is 9.71 Å². The van der Waals surface area contributed by atoms with Crippen LogP contribution in [0.15, 0.2) is 52.0 Å². The van der Waals surface area contributed by atoms with Crippen molar-refractivity contribution in [2.24, 2.45) is 0 Å². The lowest BCUT2D eigenvalue weighted by Gasteiger charge is -2.16. The van der Waals surface area contributed by atoms with Crippen molar-refractivity contribution in [2.75, 3.05) is 5.32 Å². The second-order valence-electron chi connectivity index (χ2n) is 6.23. The number of aryl methyl sites for hydroxylation is 1. The van der Waals surface area contributed by atoms with E-state index in [0.717, 1.165) is 5.56 Å². The fourth-order valence-electron chi connectivity index (χ4n) is 2.73. The van der Waals surface area contributed by atoms with Gasteiger partial charge in [0.1, 0.15) is 5.76 Å². The van der Waals surface area contributed by atoms with E-state index in [2.05, 4.69) is 15.0 Å². The molecule has 0 unspecified atom stereocenters. The maximum atomic E-state index is 12.8. The molecule has 0 aliphatic carbocycles. The van der Waals surface area contributed by atoms with Gasteiger partial charge in [-0.25, -0.2) is 18.1 Å². The van der Waals surface area contributed by atoms with Gasteiger partial charge in [-0.3, -0.25) is 4.79 Å². The quantitative estimate of drug-likeness (QED) is 0.600. The van der Waals surface area contributed by atoms with Crippen LogP contribution in [0.3, 0.4) is 0 Å². The number of carbonyl (C=O) groups excluding carboxylic acids is 1. The summed E-state index contributed by atoms with van der Waals surface area (Å²) in [6.07, 6.45) is 0.602. The van der Waals surface area contributed by atoms with Gasteiger partial charge in [0.15, 0.2) is 5.13 Å². The van der Waals surface area contributed by atoms with Gasteiger partial charge in [-0.15, -0.1) is 0 Å². The van der Waals surface area contributed by atoms with Crippen LogP contribution >= 0.6 is 11.3 Å². The molecule has 0 saturated heterocycles. The van der Waals surface area contributed by atoms with E-state index in [1.165, 1.54) is 24.3 Å². The molecular weight excluding hydrogens is 398 g/mol. The Bertz CT molecular complexity index is 1070. The molecule has 148 valence electrons. The Morgan fingerprint density at radius 2 is 1.93 bits per heavy atom. The summed E-state index contributed by atoms with van der Waals surface area (Å²) in [6, 6.07) is 12.1. The van der Waals surface area contributed by atoms with Gasteiger partial charge in [0.2, 0.25) is 11.0 Å². The molecule has 0 aliphatic heterocycles. The van der Waals surface area contributed by atoms with Crippen molar-refractivity contribution < 1.29 is 17.6 Å². The Labute approximate surface area is 167 Å². The highest BCUT2D eigenvalue weighted by Gasteiger charge is 2.25. The van der Waals surface area contributed by atoms with Crippen LogP contribution in [0.1, 0.15) is 37.6 Å². The summed E-state index contributed by atoms with van der Waals surface area (Å²) in [6.45, 7) is 5.09. The third kappa shape index (κ3) is 4.49. The number of nitrogens with one attached hydrogen (secondary N) is 2. The molecule has 3 aromatic rings. The van der Waals surface area contributed by atoms with Crippen LogP contribution in [0.4, 0.5) is 5.13 Å². The molecule has 3 rings (SSSR count). The van der Waals surface area contributed by atoms with Crippen molar-refractivity contribution >= 4 is 32.4 Å². The van der Waals surface area contributed by atoms with Gasteiger partial charge in [0.25, 0.3) is 10.0 Å². The number of amides is 1. The van der Waals surface area contributed by atoms with Crippen molar-refractivity contribution in [3.8, 4) is 10.6 Å². The third-order valence-corrected chi connectivity index (χ3v) is 6.49. The minimum Gasteiger partial charge on any atom is -0.442 e. The van der Waals surface area contributed by atoms with Crippen LogP contribution in [-0.2, 0) is 14.8 Å². The van der Waals surface area contributed by atoms with Crippen molar-refractivity contribution in [2.45, 2.75) is 38.3 Å². The summed E-state index contributed by atoms with van der Waals surface area (Å²) in [7, 11) is -3.83. The van der Waals surface area contributed by atoms with Crippen LogP contribution < -0.4 is 10.0 Å². The minimum atomic E-state index is -3.83. The first-order valence-corrected chi connectivity index (χ1v) is 11.0. The van der Waals surface area contributed by atoms with Gasteiger partial charge in [0, 0.05) is 13.0 Å². The highest BCUT2D eigenvalue weighted by Crippen LogP contribution is 2.35. The maximum absolute atomic E-state index is 12.8. The van der Waals surface area contributed by atoms with Crippen LogP contribution in [0.25, 0.3) is 10.6 Å². The first-order chi connectivity index (χ1) is 13.3. The Morgan fingerprint density at radius 3 is 2.57 bits per heavy atom. The van der Waals surface area contributed by atoms with Gasteiger partial charge >= 0.3 is 0 Å². The van der Waals surface area contributed by atoms with E-state index >= 15 is 0 Å². The number of hydrogen-bond donors (Lipinski definition) is 2. The number of carbonyl (C=O) groups is 1. The van der Waals surface area contributed by atoms with E-state index in [1.54, 1.807) is 13.0 Å². The Balaban J connectivity index is 1.84. The third-order valence-electron chi connectivity index (χ3n) is 4.06. The predicted molar refractivity (Wildman–Crippen MR) is 109 cm³/mol. The van der Waals surface area contributed by atoms with E-state index in [4.69, 9.17) is 4.42 Å². The van der Waals surface area contributed by atoms with E-state index in [-0.39, 0.29) is 17.0 Å². The summed E-state index contributed by atoms with van der Waals surface area (Å²) >= 11 is 1.23. The number of furan rings is 1. The highest BCUT2D eigenvalue weighted by molar-refractivity contribution is 7.89. The number of thiazole rings is 1. The van der Waals surface area contributed by atoms with Crippen molar-refractivity contribution in [3.05, 3.63) is 53.7 Å². The second-order valence-corrected chi connectivity index (χ2v) is 8.87. The Hall–Kier alpha value is -2.49. The molecule has 2 heterocycles. The van der Waals surface area contributed by atoms with Crippen LogP contribution in [0.2, 0.25) is 0 Å². The number of sulfonamides is 1. The lowest BCUT2D eigenvalue weighted by Crippen LogP contribution is -2.28. The lowest BCUT2D eigenvalue weighted by molar-refractivity contribution is -0.114. The zero-order valence-corrected chi connectivity index (χ0v) is 17.4. The smallest absolute Gasteiger partial charge is 0.274 e. The zero-order chi connectivity index (χ0) is 20.3. The number of aromatic nitrogens is 1. The number of nitrogens with zero attached hydrogens (tertiary/aromatic N) is 1. The molecule has 0 radical (unpaired) electrons. The van der Waals surface area contributed by atoms with Gasteiger partial charge in [0.05, 0.1) is 10.6 Å². The predicted octanol–water partition coefficient (Wildman–Crippen LogP) is 4.10. The molecule has 0 spiro atoms. The first-order valence-electron chi connectivity index (χ1n) is 8.72. The Morgan fingerprint density at radius 1 is 1.21 bits per heavy atom. The van der Waals surface area contributed by atoms with E-state index in [1.807, 2.05) is 37.3 Å². The molecule has 0 fully saturated rings. The summed E-state index contributed by atoms with van der Waals surface area (Å²) in [5, 5.41) is 2.90. The monoisotopic (exact) mass is 419 g/mol. The minimum absolute atomic E-state index is 0.161. The summed E-state index contributed by atoms with van der Waals surface area (Å²) in [5.74, 6) is 0.165. The molecule has 1 amide bonds. The van der Waals surface area contributed by atoms with Crippen molar-refractivity contribution in [1.29, 1.82) is 0 Å². The first kappa shape index (κ1) is 20.2. The molecular formula is C19H21N3O4S2. The molecule has 1 atom stereocenters. The van der Waals surface area contributed by atoms with Crippen LogP contribution in [-0.4, -0.2) is 19.3 Å². The fraction of sp³-hybridized carbons (Fsp3) is 0.263. The van der Waals surface area contributed by atoms with Gasteiger partial charge in [-0.1, -0.05) is 48.6 Å². The molecule has 2 N–H and O–H groups in total. The zero-order valence-electron chi connectivity index (χ0n) is 15.7. The molecule has 0 bridgehead atoms. The topological polar surface area (TPSA) is 101 Å². The number of benzene rings is 1. The van der Waals surface area contributed by atoms with Crippen LogP contribution in [0, 0.1) is 6.92 Å². The second kappa shape index (κ2) is 8.26. The van der Waals surface area contributed by atoms with Crippen LogP contribution in [0.5, 0.6) is 0 Å².